The van der Waals surface area contributed by atoms with Gasteiger partial charge in [-0.3, -0.25) is 4.79 Å². The Kier molecular flexibility index (Phi) is 4.84. The molecule has 0 aliphatic heterocycles. The maximum atomic E-state index is 11.5. The zero-order valence-electron chi connectivity index (χ0n) is 11.3. The highest BCUT2D eigenvalue weighted by atomic mass is 16.2. The number of nitrogens with one attached hydrogen (secondary N) is 1. The lowest BCUT2D eigenvalue weighted by Crippen LogP contribution is -2.14. The second-order valence-electron chi connectivity index (χ2n) is 4.39. The Morgan fingerprint density at radius 2 is 1.70 bits per heavy atom. The summed E-state index contributed by atoms with van der Waals surface area (Å²) in [6, 6.07) is 17.5. The standard InChI is InChI=1S/C17H16N2O/c1-14-7-9-16(10-8-14)13-18-19-17(20)12-11-15-5-3-2-4-6-15/h2-13H,1H3,(H,19,20)/b12-11+,18-13+. The number of aryl methyl sites for hydroxylation is 1. The summed E-state index contributed by atoms with van der Waals surface area (Å²) in [5, 5.41) is 3.91. The van der Waals surface area contributed by atoms with Gasteiger partial charge in [0.1, 0.15) is 0 Å². The van der Waals surface area contributed by atoms with Crippen LogP contribution in [0.3, 0.4) is 0 Å². The van der Waals surface area contributed by atoms with Crippen molar-refractivity contribution in [3.63, 3.8) is 0 Å². The monoisotopic (exact) mass is 264 g/mol. The maximum absolute atomic E-state index is 11.5. The topological polar surface area (TPSA) is 41.5 Å². The first-order chi connectivity index (χ1) is 9.74. The second-order valence-corrected chi connectivity index (χ2v) is 4.39. The molecule has 0 aliphatic rings. The molecule has 2 aromatic rings. The number of hydrogen-bond acceptors (Lipinski definition) is 2. The van der Waals surface area contributed by atoms with Crippen molar-refractivity contribution >= 4 is 18.2 Å². The molecule has 0 heterocycles. The normalized spacial score (nSPS) is 11.1. The number of amides is 1. The van der Waals surface area contributed by atoms with Crippen molar-refractivity contribution in [2.75, 3.05) is 0 Å². The van der Waals surface area contributed by atoms with E-state index in [2.05, 4.69) is 10.5 Å². The number of carbonyl (C=O) groups excluding carboxylic acids is 1. The van der Waals surface area contributed by atoms with Gasteiger partial charge < -0.3 is 0 Å². The van der Waals surface area contributed by atoms with Crippen LogP contribution in [0.4, 0.5) is 0 Å². The van der Waals surface area contributed by atoms with E-state index in [1.165, 1.54) is 11.6 Å². The molecule has 0 saturated heterocycles. The van der Waals surface area contributed by atoms with Crippen LogP contribution in [0, 0.1) is 6.92 Å². The molecule has 2 aromatic carbocycles. The third-order valence-corrected chi connectivity index (χ3v) is 2.69. The average Bonchev–Trinajstić information content (AvgIpc) is 2.48. The fourth-order valence-corrected chi connectivity index (χ4v) is 1.60. The first-order valence-electron chi connectivity index (χ1n) is 6.37. The SMILES string of the molecule is Cc1ccc(/C=N/NC(=O)/C=C/c2ccccc2)cc1. The van der Waals surface area contributed by atoms with Gasteiger partial charge in [0.25, 0.3) is 5.91 Å². The minimum absolute atomic E-state index is 0.253. The van der Waals surface area contributed by atoms with Crippen LogP contribution in [0.1, 0.15) is 16.7 Å². The van der Waals surface area contributed by atoms with Crippen molar-refractivity contribution in [2.24, 2.45) is 5.10 Å². The third-order valence-electron chi connectivity index (χ3n) is 2.69. The van der Waals surface area contributed by atoms with E-state index in [0.29, 0.717) is 0 Å². The van der Waals surface area contributed by atoms with E-state index in [-0.39, 0.29) is 5.91 Å². The largest absolute Gasteiger partial charge is 0.268 e. The van der Waals surface area contributed by atoms with Gasteiger partial charge in [0.15, 0.2) is 0 Å². The van der Waals surface area contributed by atoms with Gasteiger partial charge in [0.2, 0.25) is 0 Å². The Morgan fingerprint density at radius 3 is 2.40 bits per heavy atom. The minimum Gasteiger partial charge on any atom is -0.268 e. The number of hydrazone groups is 1. The van der Waals surface area contributed by atoms with Crippen LogP contribution in [0.25, 0.3) is 6.08 Å². The van der Waals surface area contributed by atoms with Crippen molar-refractivity contribution in [1.29, 1.82) is 0 Å². The zero-order valence-corrected chi connectivity index (χ0v) is 11.3. The van der Waals surface area contributed by atoms with E-state index in [4.69, 9.17) is 0 Å². The summed E-state index contributed by atoms with van der Waals surface area (Å²) in [5.41, 5.74) is 5.58. The summed E-state index contributed by atoms with van der Waals surface area (Å²) >= 11 is 0. The van der Waals surface area contributed by atoms with Crippen LogP contribution < -0.4 is 5.43 Å². The molecule has 1 amide bonds. The molecule has 100 valence electrons. The molecule has 0 atom stereocenters. The van der Waals surface area contributed by atoms with Gasteiger partial charge >= 0.3 is 0 Å². The number of hydrogen-bond donors (Lipinski definition) is 1. The van der Waals surface area contributed by atoms with Crippen molar-refractivity contribution in [3.05, 3.63) is 77.4 Å². The van der Waals surface area contributed by atoms with Crippen LogP contribution in [0.5, 0.6) is 0 Å². The third kappa shape index (κ3) is 4.53. The van der Waals surface area contributed by atoms with Crippen molar-refractivity contribution in [2.45, 2.75) is 6.92 Å². The van der Waals surface area contributed by atoms with Gasteiger partial charge in [-0.25, -0.2) is 5.43 Å². The molecule has 3 nitrogen and oxygen atoms in total. The lowest BCUT2D eigenvalue weighted by atomic mass is 10.2. The van der Waals surface area contributed by atoms with Crippen molar-refractivity contribution in [3.8, 4) is 0 Å². The Bertz CT molecular complexity index is 613. The molecule has 0 aliphatic carbocycles. The molecular formula is C17H16N2O. The molecule has 20 heavy (non-hydrogen) atoms. The van der Waals surface area contributed by atoms with Gasteiger partial charge in [0.05, 0.1) is 6.21 Å². The van der Waals surface area contributed by atoms with Gasteiger partial charge in [-0.05, 0) is 24.1 Å². The molecule has 0 radical (unpaired) electrons. The Balaban J connectivity index is 1.86. The van der Waals surface area contributed by atoms with Gasteiger partial charge in [0, 0.05) is 6.08 Å². The van der Waals surface area contributed by atoms with Crippen molar-refractivity contribution in [1.82, 2.24) is 5.43 Å². The number of rotatable bonds is 4. The Labute approximate surface area is 118 Å². The lowest BCUT2D eigenvalue weighted by molar-refractivity contribution is -0.116. The summed E-state index contributed by atoms with van der Waals surface area (Å²) in [4.78, 5) is 11.5. The molecule has 0 saturated carbocycles. The van der Waals surface area contributed by atoms with E-state index < -0.39 is 0 Å². The van der Waals surface area contributed by atoms with Gasteiger partial charge in [-0.15, -0.1) is 0 Å². The molecular weight excluding hydrogens is 248 g/mol. The molecule has 0 fully saturated rings. The Hall–Kier alpha value is -2.68. The summed E-state index contributed by atoms with van der Waals surface area (Å²) in [5.74, 6) is -0.253. The van der Waals surface area contributed by atoms with Crippen LogP contribution in [0.15, 0.2) is 65.8 Å². The highest BCUT2D eigenvalue weighted by Crippen LogP contribution is 2.01. The van der Waals surface area contributed by atoms with E-state index in [1.54, 1.807) is 12.3 Å². The quantitative estimate of drug-likeness (QED) is 0.514. The predicted molar refractivity (Wildman–Crippen MR) is 82.4 cm³/mol. The molecule has 0 bridgehead atoms. The fraction of sp³-hybridized carbons (Fsp3) is 0.0588. The first-order valence-corrected chi connectivity index (χ1v) is 6.37. The van der Waals surface area contributed by atoms with Crippen LogP contribution in [-0.2, 0) is 4.79 Å². The summed E-state index contributed by atoms with van der Waals surface area (Å²) in [6.45, 7) is 2.02. The molecule has 0 unspecified atom stereocenters. The zero-order chi connectivity index (χ0) is 14.2. The van der Waals surface area contributed by atoms with E-state index >= 15 is 0 Å². The second kappa shape index (κ2) is 7.04. The summed E-state index contributed by atoms with van der Waals surface area (Å²) in [6.07, 6.45) is 4.83. The predicted octanol–water partition coefficient (Wildman–Crippen LogP) is 3.16. The molecule has 0 spiro atoms. The molecule has 1 N–H and O–H groups in total. The van der Waals surface area contributed by atoms with Crippen LogP contribution in [0.2, 0.25) is 0 Å². The average molecular weight is 264 g/mol. The van der Waals surface area contributed by atoms with Crippen molar-refractivity contribution < 1.29 is 4.79 Å². The lowest BCUT2D eigenvalue weighted by Gasteiger charge is -1.95. The highest BCUT2D eigenvalue weighted by molar-refractivity contribution is 5.92. The van der Waals surface area contributed by atoms with E-state index in [9.17, 15) is 4.79 Å². The maximum Gasteiger partial charge on any atom is 0.264 e. The van der Waals surface area contributed by atoms with Crippen LogP contribution in [-0.4, -0.2) is 12.1 Å². The minimum atomic E-state index is -0.253. The summed E-state index contributed by atoms with van der Waals surface area (Å²) < 4.78 is 0. The fourth-order valence-electron chi connectivity index (χ4n) is 1.60. The van der Waals surface area contributed by atoms with E-state index in [0.717, 1.165) is 11.1 Å². The molecule has 2 rings (SSSR count). The molecule has 3 heteroatoms. The number of benzene rings is 2. The van der Waals surface area contributed by atoms with Crippen LogP contribution >= 0.6 is 0 Å². The number of carbonyl (C=O) groups is 1. The smallest absolute Gasteiger partial charge is 0.264 e. The Morgan fingerprint density at radius 1 is 1.00 bits per heavy atom. The van der Waals surface area contributed by atoms with Gasteiger partial charge in [-0.2, -0.15) is 5.10 Å². The first kappa shape index (κ1) is 13.7. The number of nitrogens with zero attached hydrogens (tertiary/aromatic N) is 1. The molecule has 0 aromatic heterocycles. The van der Waals surface area contributed by atoms with Gasteiger partial charge in [-0.1, -0.05) is 60.2 Å². The summed E-state index contributed by atoms with van der Waals surface area (Å²) in [7, 11) is 0. The highest BCUT2D eigenvalue weighted by Gasteiger charge is 1.92. The van der Waals surface area contributed by atoms with E-state index in [1.807, 2.05) is 61.5 Å².